The third-order valence-corrected chi connectivity index (χ3v) is 4.33. The predicted molar refractivity (Wildman–Crippen MR) is 86.4 cm³/mol. The van der Waals surface area contributed by atoms with Gasteiger partial charge in [-0.15, -0.1) is 0 Å². The van der Waals surface area contributed by atoms with Crippen LogP contribution in [-0.2, 0) is 18.3 Å². The monoisotopic (exact) mass is 301 g/mol. The number of nitrogens with zero attached hydrogens (tertiary/aromatic N) is 2. The molecule has 0 saturated carbocycles. The normalized spacial score (nSPS) is 19.6. The highest BCUT2D eigenvalue weighted by molar-refractivity contribution is 5.71. The summed E-state index contributed by atoms with van der Waals surface area (Å²) in [7, 11) is 2.03. The molecule has 2 aromatic rings. The third kappa shape index (κ3) is 3.57. The fraction of sp³-hybridized carbons (Fsp3) is 0.500. The van der Waals surface area contributed by atoms with Crippen molar-refractivity contribution in [1.82, 2.24) is 4.57 Å². The summed E-state index contributed by atoms with van der Waals surface area (Å²) in [6, 6.07) is 8.23. The van der Waals surface area contributed by atoms with Gasteiger partial charge in [-0.25, -0.2) is 9.13 Å². The lowest BCUT2D eigenvalue weighted by atomic mass is 9.95. The molecule has 4 heteroatoms. The van der Waals surface area contributed by atoms with E-state index in [-0.39, 0.29) is 0 Å². The Kier molecular flexibility index (Phi) is 4.90. The molecule has 1 aromatic carbocycles. The summed E-state index contributed by atoms with van der Waals surface area (Å²) in [6.45, 7) is 1.71. The molecular formula is C18H25N2O2+. The van der Waals surface area contributed by atoms with E-state index in [2.05, 4.69) is 33.4 Å². The van der Waals surface area contributed by atoms with Crippen LogP contribution in [0, 0.1) is 5.92 Å². The number of aromatic nitrogens is 2. The number of benzene rings is 1. The van der Waals surface area contributed by atoms with Crippen LogP contribution in [0.3, 0.4) is 0 Å². The van der Waals surface area contributed by atoms with Crippen LogP contribution in [0.15, 0.2) is 42.7 Å². The van der Waals surface area contributed by atoms with Crippen molar-refractivity contribution in [3.05, 3.63) is 42.7 Å². The summed E-state index contributed by atoms with van der Waals surface area (Å²) in [5, 5.41) is 10.2. The van der Waals surface area contributed by atoms with Crippen LogP contribution in [0.4, 0.5) is 0 Å². The van der Waals surface area contributed by atoms with Crippen molar-refractivity contribution in [3.63, 3.8) is 0 Å². The Labute approximate surface area is 131 Å². The fourth-order valence-corrected chi connectivity index (χ4v) is 3.14. The fourth-order valence-electron chi connectivity index (χ4n) is 3.14. The van der Waals surface area contributed by atoms with Crippen molar-refractivity contribution in [2.45, 2.75) is 31.9 Å². The van der Waals surface area contributed by atoms with E-state index in [1.165, 1.54) is 11.9 Å². The van der Waals surface area contributed by atoms with Crippen molar-refractivity contribution in [2.75, 3.05) is 13.2 Å². The Morgan fingerprint density at radius 2 is 2.23 bits per heavy atom. The lowest BCUT2D eigenvalue weighted by molar-refractivity contribution is -0.645. The van der Waals surface area contributed by atoms with Crippen LogP contribution in [0.1, 0.15) is 19.3 Å². The molecule has 1 heterocycles. The molecule has 1 aromatic heterocycles. The average Bonchev–Trinajstić information content (AvgIpc) is 2.85. The molecule has 22 heavy (non-hydrogen) atoms. The number of aliphatic hydroxyl groups excluding tert-OH is 1. The largest absolute Gasteiger partial charge is 0.387 e. The third-order valence-electron chi connectivity index (χ3n) is 4.33. The Morgan fingerprint density at radius 1 is 1.36 bits per heavy atom. The van der Waals surface area contributed by atoms with Crippen LogP contribution in [0.5, 0.6) is 0 Å². The molecule has 3 rings (SSSR count). The van der Waals surface area contributed by atoms with E-state index in [1.807, 2.05) is 25.5 Å². The van der Waals surface area contributed by atoms with E-state index in [1.54, 1.807) is 0 Å². The van der Waals surface area contributed by atoms with Gasteiger partial charge in [0, 0.05) is 6.61 Å². The van der Waals surface area contributed by atoms with E-state index in [0.717, 1.165) is 25.0 Å². The number of allylic oxidation sites excluding steroid dienone is 2. The van der Waals surface area contributed by atoms with Crippen LogP contribution in [-0.4, -0.2) is 29.0 Å². The summed E-state index contributed by atoms with van der Waals surface area (Å²) >= 11 is 0. The standard InChI is InChI=1S/C18H25N2O2/c1-19-14-20(18-10-6-5-9-17(18)19)11-16(21)13-22-12-15-7-3-2-4-8-15/h2-3,5-6,9-10,14-16,21H,4,7-8,11-13H2,1H3/q+1. The van der Waals surface area contributed by atoms with Gasteiger partial charge in [-0.1, -0.05) is 24.3 Å². The Hall–Kier alpha value is -1.65. The Bertz CT molecular complexity index is 648. The maximum atomic E-state index is 10.2. The highest BCUT2D eigenvalue weighted by Gasteiger charge is 2.17. The van der Waals surface area contributed by atoms with Gasteiger partial charge in [0.15, 0.2) is 11.0 Å². The molecule has 0 fully saturated rings. The van der Waals surface area contributed by atoms with Gasteiger partial charge >= 0.3 is 0 Å². The van der Waals surface area contributed by atoms with Crippen molar-refractivity contribution in [1.29, 1.82) is 0 Å². The molecule has 0 bridgehead atoms. The van der Waals surface area contributed by atoms with Gasteiger partial charge in [0.25, 0.3) is 0 Å². The molecule has 0 amide bonds. The van der Waals surface area contributed by atoms with Crippen molar-refractivity contribution < 1.29 is 14.4 Å². The van der Waals surface area contributed by atoms with Gasteiger partial charge < -0.3 is 9.84 Å². The molecule has 0 saturated heterocycles. The topological polar surface area (TPSA) is 38.3 Å². The van der Waals surface area contributed by atoms with E-state index in [9.17, 15) is 5.11 Å². The predicted octanol–water partition coefficient (Wildman–Crippen LogP) is 2.20. The van der Waals surface area contributed by atoms with E-state index >= 15 is 0 Å². The first-order valence-corrected chi connectivity index (χ1v) is 8.08. The number of rotatable bonds is 6. The van der Waals surface area contributed by atoms with Crippen molar-refractivity contribution >= 4 is 11.0 Å². The zero-order valence-corrected chi connectivity index (χ0v) is 13.2. The number of imidazole rings is 1. The number of ether oxygens (including phenoxy) is 1. The van der Waals surface area contributed by atoms with Crippen molar-refractivity contribution in [2.24, 2.45) is 13.0 Å². The minimum Gasteiger partial charge on any atom is -0.387 e. The lowest BCUT2D eigenvalue weighted by Crippen LogP contribution is -2.27. The SMILES string of the molecule is C[n+]1cn(CC(O)COCC2CC=CCC2)c2ccccc21. The second-order valence-corrected chi connectivity index (χ2v) is 6.21. The van der Waals surface area contributed by atoms with Gasteiger partial charge in [-0.2, -0.15) is 0 Å². The zero-order chi connectivity index (χ0) is 15.4. The molecular weight excluding hydrogens is 276 g/mol. The Balaban J connectivity index is 1.52. The van der Waals surface area contributed by atoms with Gasteiger partial charge in [0.05, 0.1) is 13.7 Å². The maximum Gasteiger partial charge on any atom is 0.244 e. The maximum absolute atomic E-state index is 10.2. The quantitative estimate of drug-likeness (QED) is 0.656. The highest BCUT2D eigenvalue weighted by Crippen LogP contribution is 2.18. The summed E-state index contributed by atoms with van der Waals surface area (Å²) in [5.41, 5.74) is 2.31. The van der Waals surface area contributed by atoms with Gasteiger partial charge in [0.1, 0.15) is 12.6 Å². The molecule has 1 aliphatic carbocycles. The first-order valence-electron chi connectivity index (χ1n) is 8.08. The molecule has 0 aliphatic heterocycles. The molecule has 2 unspecified atom stereocenters. The average molecular weight is 301 g/mol. The molecule has 1 N–H and O–H groups in total. The van der Waals surface area contributed by atoms with Gasteiger partial charge in [-0.3, -0.25) is 0 Å². The molecule has 118 valence electrons. The van der Waals surface area contributed by atoms with Crippen LogP contribution in [0.2, 0.25) is 0 Å². The highest BCUT2D eigenvalue weighted by atomic mass is 16.5. The van der Waals surface area contributed by atoms with Crippen LogP contribution >= 0.6 is 0 Å². The zero-order valence-electron chi connectivity index (χ0n) is 13.2. The number of para-hydroxylation sites is 2. The van der Waals surface area contributed by atoms with Crippen LogP contribution in [0.25, 0.3) is 11.0 Å². The molecule has 4 nitrogen and oxygen atoms in total. The molecule has 1 aliphatic rings. The second kappa shape index (κ2) is 7.07. The lowest BCUT2D eigenvalue weighted by Gasteiger charge is -2.18. The molecule has 0 radical (unpaired) electrons. The molecule has 2 atom stereocenters. The number of hydrogen-bond acceptors (Lipinski definition) is 2. The molecule has 0 spiro atoms. The first-order chi connectivity index (χ1) is 10.7. The second-order valence-electron chi connectivity index (χ2n) is 6.21. The number of aliphatic hydroxyl groups is 1. The first kappa shape index (κ1) is 15.3. The number of fused-ring (bicyclic) bond motifs is 1. The van der Waals surface area contributed by atoms with Gasteiger partial charge in [0.2, 0.25) is 6.33 Å². The van der Waals surface area contributed by atoms with Gasteiger partial charge in [-0.05, 0) is 37.3 Å². The number of aryl methyl sites for hydroxylation is 1. The van der Waals surface area contributed by atoms with E-state index in [0.29, 0.717) is 19.1 Å². The van der Waals surface area contributed by atoms with Crippen LogP contribution < -0.4 is 4.57 Å². The summed E-state index contributed by atoms with van der Waals surface area (Å²) < 4.78 is 9.89. The minimum absolute atomic E-state index is 0.399. The number of hydrogen-bond donors (Lipinski definition) is 1. The minimum atomic E-state index is -0.477. The van der Waals surface area contributed by atoms with E-state index in [4.69, 9.17) is 4.74 Å². The van der Waals surface area contributed by atoms with Crippen molar-refractivity contribution in [3.8, 4) is 0 Å². The summed E-state index contributed by atoms with van der Waals surface area (Å²) in [5.74, 6) is 0.613. The summed E-state index contributed by atoms with van der Waals surface area (Å²) in [6.07, 6.45) is 9.48. The van der Waals surface area contributed by atoms with E-state index < -0.39 is 6.10 Å². The Morgan fingerprint density at radius 3 is 3.05 bits per heavy atom. The summed E-state index contributed by atoms with van der Waals surface area (Å²) in [4.78, 5) is 0. The smallest absolute Gasteiger partial charge is 0.244 e.